The van der Waals surface area contributed by atoms with Gasteiger partial charge in [-0.25, -0.2) is 0 Å². The molecule has 3 N–H and O–H groups in total. The standard InChI is InChI=1S/C20H25N5O3S3/c1-3-15(27)25(11-5-6-11)19-23-24-20(31-19)29-9-14(26)22-18-16(17(21)28)12-7-4-10(2)8-13(12)30-18/h10-11H,3-9H2,1-2H3,(H2,21,28)(H,22,26). The molecule has 1 atom stereocenters. The first-order valence-electron chi connectivity index (χ1n) is 10.4. The number of anilines is 2. The van der Waals surface area contributed by atoms with Gasteiger partial charge in [-0.05, 0) is 43.6 Å². The number of rotatable bonds is 8. The maximum absolute atomic E-state index is 12.6. The van der Waals surface area contributed by atoms with Gasteiger partial charge in [0.05, 0.1) is 11.3 Å². The lowest BCUT2D eigenvalue weighted by Crippen LogP contribution is -2.32. The Labute approximate surface area is 193 Å². The third kappa shape index (κ3) is 4.93. The van der Waals surface area contributed by atoms with E-state index in [1.807, 2.05) is 6.92 Å². The van der Waals surface area contributed by atoms with Gasteiger partial charge >= 0.3 is 0 Å². The summed E-state index contributed by atoms with van der Waals surface area (Å²) in [5.74, 6) is 0.0242. The smallest absolute Gasteiger partial charge is 0.251 e. The number of aromatic nitrogens is 2. The monoisotopic (exact) mass is 479 g/mol. The van der Waals surface area contributed by atoms with Crippen LogP contribution in [-0.2, 0) is 22.4 Å². The van der Waals surface area contributed by atoms with Crippen LogP contribution in [0.1, 0.15) is 60.3 Å². The van der Waals surface area contributed by atoms with Crippen molar-refractivity contribution >= 4 is 62.3 Å². The van der Waals surface area contributed by atoms with Gasteiger partial charge in [0.2, 0.25) is 16.9 Å². The number of thiophene rings is 1. The van der Waals surface area contributed by atoms with Gasteiger partial charge in [-0.2, -0.15) is 0 Å². The zero-order valence-corrected chi connectivity index (χ0v) is 19.9. The van der Waals surface area contributed by atoms with Gasteiger partial charge in [0, 0.05) is 17.3 Å². The van der Waals surface area contributed by atoms with Gasteiger partial charge in [-0.1, -0.05) is 36.9 Å². The highest BCUT2D eigenvalue weighted by atomic mass is 32.2. The first-order valence-corrected chi connectivity index (χ1v) is 13.0. The number of fused-ring (bicyclic) bond motifs is 1. The average molecular weight is 480 g/mol. The molecule has 0 spiro atoms. The number of hydrogen-bond acceptors (Lipinski definition) is 8. The molecule has 2 heterocycles. The highest BCUT2D eigenvalue weighted by molar-refractivity contribution is 8.01. The summed E-state index contributed by atoms with van der Waals surface area (Å²) in [7, 11) is 0. The van der Waals surface area contributed by atoms with Gasteiger partial charge in [-0.15, -0.1) is 21.5 Å². The van der Waals surface area contributed by atoms with Crippen molar-refractivity contribution in [1.29, 1.82) is 0 Å². The molecular formula is C20H25N5O3S3. The first kappa shape index (κ1) is 22.2. The van der Waals surface area contributed by atoms with Crippen molar-refractivity contribution in [3.63, 3.8) is 0 Å². The van der Waals surface area contributed by atoms with Crippen LogP contribution >= 0.6 is 34.4 Å². The molecule has 166 valence electrons. The van der Waals surface area contributed by atoms with Crippen molar-refractivity contribution in [2.75, 3.05) is 16.0 Å². The Morgan fingerprint density at radius 2 is 2.00 bits per heavy atom. The predicted molar refractivity (Wildman–Crippen MR) is 124 cm³/mol. The molecule has 0 radical (unpaired) electrons. The SMILES string of the molecule is CCC(=O)N(c1nnc(SCC(=O)Nc2sc3c(c2C(N)=O)CCC(C)C3)s1)C1CC1. The average Bonchev–Trinajstić information content (AvgIpc) is 3.33. The third-order valence-electron chi connectivity index (χ3n) is 5.42. The third-order valence-corrected chi connectivity index (χ3v) is 8.65. The Balaban J connectivity index is 1.40. The molecule has 0 aromatic carbocycles. The Bertz CT molecular complexity index is 1010. The zero-order chi connectivity index (χ0) is 22.1. The summed E-state index contributed by atoms with van der Waals surface area (Å²) in [5, 5.41) is 12.3. The van der Waals surface area contributed by atoms with E-state index in [0.717, 1.165) is 42.5 Å². The summed E-state index contributed by atoms with van der Waals surface area (Å²) in [5.41, 5.74) is 7.07. The molecule has 2 aliphatic carbocycles. The fourth-order valence-electron chi connectivity index (χ4n) is 3.72. The van der Waals surface area contributed by atoms with Crippen molar-refractivity contribution in [3.05, 3.63) is 16.0 Å². The summed E-state index contributed by atoms with van der Waals surface area (Å²) >= 11 is 4.05. The van der Waals surface area contributed by atoms with Crippen LogP contribution < -0.4 is 16.0 Å². The van der Waals surface area contributed by atoms with Crippen LogP contribution in [0, 0.1) is 5.92 Å². The van der Waals surface area contributed by atoms with E-state index < -0.39 is 5.91 Å². The number of carbonyl (C=O) groups is 3. The lowest BCUT2D eigenvalue weighted by molar-refractivity contribution is -0.118. The Morgan fingerprint density at radius 3 is 2.68 bits per heavy atom. The molecular weight excluding hydrogens is 454 g/mol. The number of carbonyl (C=O) groups excluding carboxylic acids is 3. The summed E-state index contributed by atoms with van der Waals surface area (Å²) in [4.78, 5) is 39.7. The summed E-state index contributed by atoms with van der Waals surface area (Å²) < 4.78 is 0.633. The van der Waals surface area contributed by atoms with Crippen molar-refractivity contribution in [2.45, 2.75) is 62.8 Å². The molecule has 8 nitrogen and oxygen atoms in total. The first-order chi connectivity index (χ1) is 14.9. The molecule has 31 heavy (non-hydrogen) atoms. The normalized spacial score (nSPS) is 17.8. The number of hydrogen-bond donors (Lipinski definition) is 2. The van der Waals surface area contributed by atoms with Crippen LogP contribution in [0.2, 0.25) is 0 Å². The molecule has 0 aliphatic heterocycles. The number of primary amides is 1. The molecule has 2 aliphatic rings. The molecule has 1 saturated carbocycles. The minimum atomic E-state index is -0.496. The second-order valence-corrected chi connectivity index (χ2v) is 11.2. The summed E-state index contributed by atoms with van der Waals surface area (Å²) in [6.07, 6.45) is 5.14. The van der Waals surface area contributed by atoms with Crippen LogP contribution in [0.5, 0.6) is 0 Å². The minimum absolute atomic E-state index is 0.0444. The molecule has 2 aromatic heterocycles. The van der Waals surface area contributed by atoms with Crippen LogP contribution in [0.25, 0.3) is 0 Å². The van der Waals surface area contributed by atoms with Gasteiger partial charge in [0.25, 0.3) is 5.91 Å². The second-order valence-electron chi connectivity index (χ2n) is 7.96. The van der Waals surface area contributed by atoms with Gasteiger partial charge < -0.3 is 11.1 Å². The molecule has 1 fully saturated rings. The number of nitrogens with one attached hydrogen (secondary N) is 1. The van der Waals surface area contributed by atoms with E-state index in [2.05, 4.69) is 22.4 Å². The van der Waals surface area contributed by atoms with Crippen molar-refractivity contribution in [2.24, 2.45) is 11.7 Å². The summed E-state index contributed by atoms with van der Waals surface area (Å²) in [6, 6.07) is 0.223. The van der Waals surface area contributed by atoms with Gasteiger partial charge in [0.1, 0.15) is 5.00 Å². The lowest BCUT2D eigenvalue weighted by atomic mass is 9.88. The number of nitrogens with two attached hydrogens (primary N) is 1. The van der Waals surface area contributed by atoms with Gasteiger partial charge in [-0.3, -0.25) is 19.3 Å². The molecule has 4 rings (SSSR count). The van der Waals surface area contributed by atoms with Crippen molar-refractivity contribution in [3.8, 4) is 0 Å². The lowest BCUT2D eigenvalue weighted by Gasteiger charge is -2.18. The van der Waals surface area contributed by atoms with Gasteiger partial charge in [0.15, 0.2) is 4.34 Å². The van der Waals surface area contributed by atoms with E-state index in [-0.39, 0.29) is 23.6 Å². The van der Waals surface area contributed by atoms with E-state index in [1.54, 1.807) is 4.90 Å². The van der Waals surface area contributed by atoms with E-state index in [1.165, 1.54) is 34.4 Å². The minimum Gasteiger partial charge on any atom is -0.365 e. The van der Waals surface area contributed by atoms with E-state index in [9.17, 15) is 14.4 Å². The molecule has 2 aromatic rings. The second kappa shape index (κ2) is 9.25. The highest BCUT2D eigenvalue weighted by Crippen LogP contribution is 2.40. The van der Waals surface area contributed by atoms with E-state index in [4.69, 9.17) is 5.73 Å². The van der Waals surface area contributed by atoms with E-state index in [0.29, 0.717) is 32.4 Å². The molecule has 11 heteroatoms. The van der Waals surface area contributed by atoms with Crippen LogP contribution in [-0.4, -0.2) is 39.7 Å². The molecule has 1 unspecified atom stereocenters. The fraction of sp³-hybridized carbons (Fsp3) is 0.550. The zero-order valence-electron chi connectivity index (χ0n) is 17.5. The molecule has 0 saturated heterocycles. The fourth-order valence-corrected chi connectivity index (χ4v) is 6.88. The highest BCUT2D eigenvalue weighted by Gasteiger charge is 2.35. The van der Waals surface area contributed by atoms with Crippen LogP contribution in [0.3, 0.4) is 0 Å². The number of amides is 3. The van der Waals surface area contributed by atoms with Crippen molar-refractivity contribution < 1.29 is 14.4 Å². The largest absolute Gasteiger partial charge is 0.365 e. The van der Waals surface area contributed by atoms with E-state index >= 15 is 0 Å². The Kier molecular flexibility index (Phi) is 6.63. The Morgan fingerprint density at radius 1 is 1.23 bits per heavy atom. The maximum atomic E-state index is 12.6. The quantitative estimate of drug-likeness (QED) is 0.442. The molecule has 0 bridgehead atoms. The van der Waals surface area contributed by atoms with Crippen LogP contribution in [0.15, 0.2) is 4.34 Å². The molecule has 3 amide bonds. The maximum Gasteiger partial charge on any atom is 0.251 e. The number of nitrogens with zero attached hydrogens (tertiary/aromatic N) is 3. The predicted octanol–water partition coefficient (Wildman–Crippen LogP) is 3.46. The van der Waals surface area contributed by atoms with Crippen LogP contribution in [0.4, 0.5) is 10.1 Å². The Hall–Kier alpha value is -1.98. The topological polar surface area (TPSA) is 118 Å². The van der Waals surface area contributed by atoms with Crippen molar-refractivity contribution in [1.82, 2.24) is 10.2 Å². The number of thioether (sulfide) groups is 1. The summed E-state index contributed by atoms with van der Waals surface area (Å²) in [6.45, 7) is 4.03.